The molecule has 2 aliphatic rings. The molecule has 0 radical (unpaired) electrons. The third-order valence-electron chi connectivity index (χ3n) is 4.57. The number of morpholine rings is 1. The second-order valence-corrected chi connectivity index (χ2v) is 7.27. The van der Waals surface area contributed by atoms with E-state index in [1.54, 1.807) is 4.90 Å². The molecule has 24 heavy (non-hydrogen) atoms. The van der Waals surface area contributed by atoms with Gasteiger partial charge in [-0.15, -0.1) is 0 Å². The lowest BCUT2D eigenvalue weighted by molar-refractivity contribution is -0.159. The SMILES string of the molecule is CCCC(=O)N1CCC[C@@H]1C(=O)OC[C@H]1CN(CC(C)C)CCO1. The molecule has 0 aromatic carbocycles. The molecule has 2 fully saturated rings. The molecule has 0 aromatic rings. The summed E-state index contributed by atoms with van der Waals surface area (Å²) in [7, 11) is 0. The standard InChI is InChI=1S/C18H32N2O4/c1-4-6-17(21)20-8-5-7-16(20)18(22)24-13-15-12-19(9-10-23-15)11-14(2)3/h14-16H,4-13H2,1-3H3/t15-,16-/m1/s1. The molecular weight excluding hydrogens is 308 g/mol. The number of ether oxygens (including phenoxy) is 2. The molecule has 6 heteroatoms. The summed E-state index contributed by atoms with van der Waals surface area (Å²) in [4.78, 5) is 28.5. The normalized spacial score (nSPS) is 25.2. The highest BCUT2D eigenvalue weighted by atomic mass is 16.6. The Morgan fingerprint density at radius 3 is 2.79 bits per heavy atom. The van der Waals surface area contributed by atoms with Crippen molar-refractivity contribution in [2.45, 2.75) is 58.6 Å². The number of nitrogens with zero attached hydrogens (tertiary/aromatic N) is 2. The zero-order chi connectivity index (χ0) is 17.5. The summed E-state index contributed by atoms with van der Waals surface area (Å²) in [6, 6.07) is -0.403. The maximum absolute atomic E-state index is 12.4. The van der Waals surface area contributed by atoms with Crippen molar-refractivity contribution in [3.05, 3.63) is 0 Å². The second-order valence-electron chi connectivity index (χ2n) is 7.27. The zero-order valence-electron chi connectivity index (χ0n) is 15.3. The summed E-state index contributed by atoms with van der Waals surface area (Å²) >= 11 is 0. The molecule has 2 heterocycles. The van der Waals surface area contributed by atoms with Gasteiger partial charge in [0.25, 0.3) is 0 Å². The molecule has 0 unspecified atom stereocenters. The molecule has 0 spiro atoms. The number of likely N-dealkylation sites (tertiary alicyclic amines) is 1. The van der Waals surface area contributed by atoms with Crippen LogP contribution in [0.25, 0.3) is 0 Å². The topological polar surface area (TPSA) is 59.1 Å². The van der Waals surface area contributed by atoms with Crippen molar-refractivity contribution in [1.29, 1.82) is 0 Å². The van der Waals surface area contributed by atoms with Crippen LogP contribution in [0.5, 0.6) is 0 Å². The van der Waals surface area contributed by atoms with Crippen molar-refractivity contribution < 1.29 is 19.1 Å². The molecule has 2 rings (SSSR count). The summed E-state index contributed by atoms with van der Waals surface area (Å²) in [5, 5.41) is 0. The fourth-order valence-electron chi connectivity index (χ4n) is 3.50. The lowest BCUT2D eigenvalue weighted by Gasteiger charge is -2.33. The Balaban J connectivity index is 1.78. The molecular formula is C18H32N2O4. The second kappa shape index (κ2) is 9.37. The van der Waals surface area contributed by atoms with Gasteiger partial charge in [-0.05, 0) is 25.2 Å². The Morgan fingerprint density at radius 2 is 2.08 bits per heavy atom. The van der Waals surface area contributed by atoms with Crippen LogP contribution in [-0.4, -0.2) is 73.2 Å². The monoisotopic (exact) mass is 340 g/mol. The molecule has 0 bridgehead atoms. The number of carbonyl (C=O) groups excluding carboxylic acids is 2. The van der Waals surface area contributed by atoms with Crippen LogP contribution in [0.1, 0.15) is 46.5 Å². The first-order valence-corrected chi connectivity index (χ1v) is 9.31. The minimum absolute atomic E-state index is 0.0639. The van der Waals surface area contributed by atoms with Crippen LogP contribution in [0, 0.1) is 5.92 Å². The van der Waals surface area contributed by atoms with Gasteiger partial charge in [0, 0.05) is 32.6 Å². The van der Waals surface area contributed by atoms with E-state index in [-0.39, 0.29) is 24.6 Å². The lowest BCUT2D eigenvalue weighted by atomic mass is 10.2. The van der Waals surface area contributed by atoms with Gasteiger partial charge in [-0.1, -0.05) is 20.8 Å². The molecule has 2 aliphatic heterocycles. The molecule has 1 amide bonds. The van der Waals surface area contributed by atoms with E-state index in [9.17, 15) is 9.59 Å². The predicted molar refractivity (Wildman–Crippen MR) is 91.6 cm³/mol. The number of esters is 1. The maximum Gasteiger partial charge on any atom is 0.328 e. The van der Waals surface area contributed by atoms with Crippen LogP contribution < -0.4 is 0 Å². The number of hydrogen-bond donors (Lipinski definition) is 0. The van der Waals surface area contributed by atoms with E-state index in [1.165, 1.54) is 0 Å². The van der Waals surface area contributed by atoms with Crippen LogP contribution in [0.15, 0.2) is 0 Å². The highest BCUT2D eigenvalue weighted by Crippen LogP contribution is 2.20. The van der Waals surface area contributed by atoms with Gasteiger partial charge in [0.05, 0.1) is 6.61 Å². The largest absolute Gasteiger partial charge is 0.461 e. The van der Waals surface area contributed by atoms with Crippen LogP contribution in [0.3, 0.4) is 0 Å². The first-order chi connectivity index (χ1) is 11.5. The average Bonchev–Trinajstić information content (AvgIpc) is 3.02. The van der Waals surface area contributed by atoms with E-state index >= 15 is 0 Å². The van der Waals surface area contributed by atoms with Gasteiger partial charge in [0.15, 0.2) is 0 Å². The highest BCUT2D eigenvalue weighted by Gasteiger charge is 2.35. The Morgan fingerprint density at radius 1 is 1.29 bits per heavy atom. The molecule has 0 saturated carbocycles. The molecule has 2 saturated heterocycles. The third kappa shape index (κ3) is 5.45. The highest BCUT2D eigenvalue weighted by molar-refractivity contribution is 5.85. The maximum atomic E-state index is 12.4. The Labute approximate surface area is 145 Å². The Bertz CT molecular complexity index is 427. The zero-order valence-corrected chi connectivity index (χ0v) is 15.3. The van der Waals surface area contributed by atoms with E-state index in [0.29, 0.717) is 31.9 Å². The van der Waals surface area contributed by atoms with Crippen LogP contribution in [-0.2, 0) is 19.1 Å². The minimum Gasteiger partial charge on any atom is -0.461 e. The average molecular weight is 340 g/mol. The van der Waals surface area contributed by atoms with E-state index in [0.717, 1.165) is 32.5 Å². The van der Waals surface area contributed by atoms with Crippen LogP contribution in [0.4, 0.5) is 0 Å². The summed E-state index contributed by atoms with van der Waals surface area (Å²) in [6.07, 6.45) is 2.82. The fourth-order valence-corrected chi connectivity index (χ4v) is 3.50. The van der Waals surface area contributed by atoms with Crippen molar-refractivity contribution in [3.63, 3.8) is 0 Å². The van der Waals surface area contributed by atoms with Gasteiger partial charge in [-0.3, -0.25) is 9.69 Å². The Hall–Kier alpha value is -1.14. The molecule has 0 aromatic heterocycles. The smallest absolute Gasteiger partial charge is 0.328 e. The first kappa shape index (κ1) is 19.2. The van der Waals surface area contributed by atoms with Crippen molar-refractivity contribution in [3.8, 4) is 0 Å². The quantitative estimate of drug-likeness (QED) is 0.660. The van der Waals surface area contributed by atoms with E-state index in [4.69, 9.17) is 9.47 Å². The summed E-state index contributed by atoms with van der Waals surface area (Å²) < 4.78 is 11.2. The van der Waals surface area contributed by atoms with E-state index in [1.807, 2.05) is 6.92 Å². The first-order valence-electron chi connectivity index (χ1n) is 9.31. The van der Waals surface area contributed by atoms with Gasteiger partial charge in [0.2, 0.25) is 5.91 Å². The molecule has 6 nitrogen and oxygen atoms in total. The molecule has 138 valence electrons. The Kier molecular flexibility index (Phi) is 7.49. The summed E-state index contributed by atoms with van der Waals surface area (Å²) in [6.45, 7) is 10.8. The van der Waals surface area contributed by atoms with Crippen LogP contribution >= 0.6 is 0 Å². The molecule has 0 N–H and O–H groups in total. The van der Waals surface area contributed by atoms with Gasteiger partial charge < -0.3 is 14.4 Å². The number of rotatable bonds is 7. The van der Waals surface area contributed by atoms with Crippen molar-refractivity contribution in [2.24, 2.45) is 5.92 Å². The number of hydrogen-bond acceptors (Lipinski definition) is 5. The van der Waals surface area contributed by atoms with Gasteiger partial charge >= 0.3 is 5.97 Å². The fraction of sp³-hybridized carbons (Fsp3) is 0.889. The van der Waals surface area contributed by atoms with Crippen molar-refractivity contribution in [2.75, 3.05) is 39.4 Å². The molecule has 0 aliphatic carbocycles. The van der Waals surface area contributed by atoms with Gasteiger partial charge in [0.1, 0.15) is 18.8 Å². The van der Waals surface area contributed by atoms with Crippen LogP contribution in [0.2, 0.25) is 0 Å². The number of amides is 1. The van der Waals surface area contributed by atoms with E-state index < -0.39 is 6.04 Å². The summed E-state index contributed by atoms with van der Waals surface area (Å²) in [5.41, 5.74) is 0. The summed E-state index contributed by atoms with van der Waals surface area (Å²) in [5.74, 6) is 0.401. The predicted octanol–water partition coefficient (Wildman–Crippen LogP) is 1.68. The minimum atomic E-state index is -0.403. The lowest BCUT2D eigenvalue weighted by Crippen LogP contribution is -2.47. The van der Waals surface area contributed by atoms with Crippen molar-refractivity contribution in [1.82, 2.24) is 9.80 Å². The molecule has 2 atom stereocenters. The number of carbonyl (C=O) groups is 2. The van der Waals surface area contributed by atoms with E-state index in [2.05, 4.69) is 18.7 Å². The van der Waals surface area contributed by atoms with Crippen molar-refractivity contribution >= 4 is 11.9 Å². The van der Waals surface area contributed by atoms with Gasteiger partial charge in [-0.2, -0.15) is 0 Å². The van der Waals surface area contributed by atoms with Gasteiger partial charge in [-0.25, -0.2) is 4.79 Å². The third-order valence-corrected chi connectivity index (χ3v) is 4.57.